The molecule has 0 bridgehead atoms. The molecule has 0 unspecified atom stereocenters. The second-order valence-corrected chi connectivity index (χ2v) is 3.76. The van der Waals surface area contributed by atoms with Gasteiger partial charge in [-0.15, -0.1) is 0 Å². The molecule has 7 heteroatoms. The molecule has 7 nitrogen and oxygen atoms in total. The molecule has 0 rings (SSSR count). The maximum absolute atomic E-state index is 11.3. The largest absolute Gasteiger partial charge is 0.480 e. The summed E-state index contributed by atoms with van der Waals surface area (Å²) in [5, 5.41) is 13.7. The molecule has 0 saturated carbocycles. The van der Waals surface area contributed by atoms with E-state index in [0.717, 1.165) is 12.8 Å². The van der Waals surface area contributed by atoms with Crippen LogP contribution < -0.4 is 10.6 Å². The number of nitrogens with one attached hydrogen (secondary N) is 2. The number of carboxylic acids is 1. The van der Waals surface area contributed by atoms with E-state index in [4.69, 9.17) is 5.11 Å². The van der Waals surface area contributed by atoms with Crippen LogP contribution in [0.2, 0.25) is 0 Å². The number of hydrogen-bond acceptors (Lipinski definition) is 4. The predicted octanol–water partition coefficient (Wildman–Crippen LogP) is 0.492. The maximum atomic E-state index is 11.3. The highest BCUT2D eigenvalue weighted by Crippen LogP contribution is 1.99. The molecule has 0 fully saturated rings. The molecule has 104 valence electrons. The number of urea groups is 1. The van der Waals surface area contributed by atoms with E-state index in [0.29, 0.717) is 6.54 Å². The van der Waals surface area contributed by atoms with Gasteiger partial charge in [0.25, 0.3) is 0 Å². The van der Waals surface area contributed by atoms with Gasteiger partial charge < -0.3 is 20.5 Å². The third-order valence-corrected chi connectivity index (χ3v) is 2.28. The minimum absolute atomic E-state index is 0.00318. The Hall–Kier alpha value is -1.79. The van der Waals surface area contributed by atoms with E-state index in [1.807, 2.05) is 6.92 Å². The summed E-state index contributed by atoms with van der Waals surface area (Å²) in [4.78, 5) is 33.1. The highest BCUT2D eigenvalue weighted by atomic mass is 16.5. The van der Waals surface area contributed by atoms with Crippen molar-refractivity contribution in [2.24, 2.45) is 0 Å². The number of unbranched alkanes of at least 4 members (excludes halogenated alkanes) is 1. The second kappa shape index (κ2) is 9.26. The number of esters is 1. The van der Waals surface area contributed by atoms with Crippen LogP contribution in [0.5, 0.6) is 0 Å². The molecule has 0 saturated heterocycles. The number of carboxylic acid groups (broad SMARTS) is 1. The van der Waals surface area contributed by atoms with Gasteiger partial charge in [-0.2, -0.15) is 0 Å². The second-order valence-electron chi connectivity index (χ2n) is 3.76. The number of hydrogen-bond donors (Lipinski definition) is 3. The van der Waals surface area contributed by atoms with Crippen LogP contribution in [-0.2, 0) is 14.3 Å². The molecule has 3 N–H and O–H groups in total. The Morgan fingerprint density at radius 2 is 2.00 bits per heavy atom. The average Bonchev–Trinajstić information content (AvgIpc) is 2.33. The molecule has 0 spiro atoms. The summed E-state index contributed by atoms with van der Waals surface area (Å²) in [6.07, 6.45) is 1.71. The van der Waals surface area contributed by atoms with Crippen molar-refractivity contribution in [1.82, 2.24) is 10.6 Å². The number of amides is 2. The molecule has 0 aliphatic rings. The Kier molecular flexibility index (Phi) is 8.34. The van der Waals surface area contributed by atoms with Gasteiger partial charge in [-0.1, -0.05) is 13.3 Å². The van der Waals surface area contributed by atoms with Crippen molar-refractivity contribution in [3.05, 3.63) is 0 Å². The van der Waals surface area contributed by atoms with Crippen molar-refractivity contribution in [3.8, 4) is 0 Å². The highest BCUT2D eigenvalue weighted by molar-refractivity contribution is 5.83. The zero-order valence-electron chi connectivity index (χ0n) is 10.7. The van der Waals surface area contributed by atoms with Crippen LogP contribution in [0.3, 0.4) is 0 Å². The molecule has 0 aliphatic heterocycles. The first-order valence-corrected chi connectivity index (χ1v) is 5.85. The molecule has 2 amide bonds. The van der Waals surface area contributed by atoms with Gasteiger partial charge in [0.2, 0.25) is 0 Å². The lowest BCUT2D eigenvalue weighted by Crippen LogP contribution is -2.46. The van der Waals surface area contributed by atoms with E-state index >= 15 is 0 Å². The van der Waals surface area contributed by atoms with Crippen LogP contribution in [0.4, 0.5) is 4.79 Å². The van der Waals surface area contributed by atoms with Crippen LogP contribution in [0.25, 0.3) is 0 Å². The van der Waals surface area contributed by atoms with E-state index in [2.05, 4.69) is 15.4 Å². The molecule has 0 aromatic carbocycles. The lowest BCUT2D eigenvalue weighted by atomic mass is 10.1. The monoisotopic (exact) mass is 260 g/mol. The van der Waals surface area contributed by atoms with Crippen molar-refractivity contribution in [2.45, 2.75) is 38.6 Å². The van der Waals surface area contributed by atoms with Gasteiger partial charge >= 0.3 is 18.0 Å². The smallest absolute Gasteiger partial charge is 0.326 e. The van der Waals surface area contributed by atoms with Gasteiger partial charge in [-0.25, -0.2) is 9.59 Å². The summed E-state index contributed by atoms with van der Waals surface area (Å²) in [5.41, 5.74) is 0. The first kappa shape index (κ1) is 16.2. The molecule has 0 aliphatic carbocycles. The zero-order chi connectivity index (χ0) is 14.0. The quantitative estimate of drug-likeness (QED) is 0.435. The molecule has 18 heavy (non-hydrogen) atoms. The molecule has 0 heterocycles. The van der Waals surface area contributed by atoms with Crippen molar-refractivity contribution in [1.29, 1.82) is 0 Å². The van der Waals surface area contributed by atoms with E-state index in [9.17, 15) is 14.4 Å². The fourth-order valence-electron chi connectivity index (χ4n) is 1.21. The van der Waals surface area contributed by atoms with Crippen molar-refractivity contribution >= 4 is 18.0 Å². The zero-order valence-corrected chi connectivity index (χ0v) is 10.7. The number of ether oxygens (including phenoxy) is 1. The van der Waals surface area contributed by atoms with Gasteiger partial charge in [-0.05, 0) is 12.8 Å². The minimum atomic E-state index is -1.18. The fourth-order valence-corrected chi connectivity index (χ4v) is 1.21. The van der Waals surface area contributed by atoms with Crippen LogP contribution in [0.15, 0.2) is 0 Å². The molecule has 0 aromatic rings. The first-order valence-electron chi connectivity index (χ1n) is 5.85. The summed E-state index contributed by atoms with van der Waals surface area (Å²) in [7, 11) is 1.23. The normalized spacial score (nSPS) is 11.4. The summed E-state index contributed by atoms with van der Waals surface area (Å²) in [6.45, 7) is 2.47. The van der Waals surface area contributed by atoms with E-state index < -0.39 is 24.0 Å². The summed E-state index contributed by atoms with van der Waals surface area (Å²) in [5.74, 6) is -1.68. The molecule has 1 atom stereocenters. The summed E-state index contributed by atoms with van der Waals surface area (Å²) >= 11 is 0. The Balaban J connectivity index is 4.06. The van der Waals surface area contributed by atoms with Gasteiger partial charge in [-0.3, -0.25) is 4.79 Å². The number of methoxy groups -OCH3 is 1. The average molecular weight is 260 g/mol. The maximum Gasteiger partial charge on any atom is 0.326 e. The lowest BCUT2D eigenvalue weighted by Gasteiger charge is -2.14. The van der Waals surface area contributed by atoms with Gasteiger partial charge in [0, 0.05) is 13.0 Å². The number of carbonyl (C=O) groups is 3. The molecule has 0 aromatic heterocycles. The summed E-state index contributed by atoms with van der Waals surface area (Å²) in [6, 6.07) is -1.63. The van der Waals surface area contributed by atoms with Gasteiger partial charge in [0.15, 0.2) is 0 Å². The molecular weight excluding hydrogens is 240 g/mol. The van der Waals surface area contributed by atoms with Gasteiger partial charge in [0.05, 0.1) is 7.11 Å². The third kappa shape index (κ3) is 7.48. The predicted molar refractivity (Wildman–Crippen MR) is 64.1 cm³/mol. The standard InChI is InChI=1S/C11H20N2O5/c1-3-4-7-12-11(17)13-8(10(15)16)5-6-9(14)18-2/h8H,3-7H2,1-2H3,(H,15,16)(H2,12,13,17)/t8-/m1/s1. The lowest BCUT2D eigenvalue weighted by molar-refractivity contribution is -0.142. The van der Waals surface area contributed by atoms with Crippen molar-refractivity contribution in [2.75, 3.05) is 13.7 Å². The Bertz CT molecular complexity index is 293. The molecular formula is C11H20N2O5. The van der Waals surface area contributed by atoms with E-state index in [1.54, 1.807) is 0 Å². The van der Waals surface area contributed by atoms with Crippen LogP contribution in [0, 0.1) is 0 Å². The topological polar surface area (TPSA) is 105 Å². The van der Waals surface area contributed by atoms with E-state index in [1.165, 1.54) is 7.11 Å². The van der Waals surface area contributed by atoms with Crippen molar-refractivity contribution < 1.29 is 24.2 Å². The number of carbonyl (C=O) groups excluding carboxylic acids is 2. The highest BCUT2D eigenvalue weighted by Gasteiger charge is 2.20. The third-order valence-electron chi connectivity index (χ3n) is 2.28. The minimum Gasteiger partial charge on any atom is -0.480 e. The van der Waals surface area contributed by atoms with Gasteiger partial charge in [0.1, 0.15) is 6.04 Å². The van der Waals surface area contributed by atoms with Crippen LogP contribution in [0.1, 0.15) is 32.6 Å². The van der Waals surface area contributed by atoms with Crippen molar-refractivity contribution in [3.63, 3.8) is 0 Å². The Morgan fingerprint density at radius 1 is 1.33 bits per heavy atom. The first-order chi connectivity index (χ1) is 8.51. The fraction of sp³-hybridized carbons (Fsp3) is 0.727. The van der Waals surface area contributed by atoms with E-state index in [-0.39, 0.29) is 12.8 Å². The van der Waals surface area contributed by atoms with Crippen LogP contribution >= 0.6 is 0 Å². The Labute approximate surface area is 106 Å². The molecule has 0 radical (unpaired) electrons. The number of rotatable bonds is 8. The summed E-state index contributed by atoms with van der Waals surface area (Å²) < 4.78 is 4.40. The van der Waals surface area contributed by atoms with Crippen LogP contribution in [-0.4, -0.2) is 42.8 Å². The number of aliphatic carboxylic acids is 1. The SMILES string of the molecule is CCCCNC(=O)N[C@H](CCC(=O)OC)C(=O)O. The Morgan fingerprint density at radius 3 is 2.50 bits per heavy atom.